The first kappa shape index (κ1) is 16.3. The summed E-state index contributed by atoms with van der Waals surface area (Å²) in [4.78, 5) is 14.2. The average molecular weight is 285 g/mol. The van der Waals surface area contributed by atoms with Gasteiger partial charge in [-0.15, -0.1) is 0 Å². The highest BCUT2D eigenvalue weighted by atomic mass is 16.5. The summed E-state index contributed by atoms with van der Waals surface area (Å²) in [7, 11) is 4.01. The maximum atomic E-state index is 5.45. The van der Waals surface area contributed by atoms with E-state index in [1.165, 1.54) is 0 Å². The molecule has 0 bridgehead atoms. The standard InChI is InChI=1S/C11H23N7O2/c1-4-20-11-15-9(14-10(16-11)17-12)13-5-7-19-8-6-18(2)3/h4-8,12H2,1-3H3,(H2,13,14,15,16,17). The Labute approximate surface area is 118 Å². The molecule has 1 aromatic rings. The second-order valence-electron chi connectivity index (χ2n) is 4.18. The van der Waals surface area contributed by atoms with Crippen LogP contribution in [0.1, 0.15) is 6.92 Å². The van der Waals surface area contributed by atoms with Gasteiger partial charge in [0.2, 0.25) is 11.9 Å². The van der Waals surface area contributed by atoms with Gasteiger partial charge in [0.05, 0.1) is 19.8 Å². The fourth-order valence-electron chi connectivity index (χ4n) is 1.28. The molecule has 0 saturated heterocycles. The van der Waals surface area contributed by atoms with E-state index in [-0.39, 0.29) is 12.0 Å². The molecule has 0 amide bonds. The molecular formula is C11H23N7O2. The van der Waals surface area contributed by atoms with E-state index < -0.39 is 0 Å². The molecule has 9 heteroatoms. The Morgan fingerprint density at radius 1 is 1.15 bits per heavy atom. The summed E-state index contributed by atoms with van der Waals surface area (Å²) in [6.07, 6.45) is 0. The van der Waals surface area contributed by atoms with Gasteiger partial charge in [-0.2, -0.15) is 15.0 Å². The third-order valence-electron chi connectivity index (χ3n) is 2.23. The van der Waals surface area contributed by atoms with Crippen molar-refractivity contribution < 1.29 is 9.47 Å². The molecule has 114 valence electrons. The maximum absolute atomic E-state index is 5.45. The van der Waals surface area contributed by atoms with Gasteiger partial charge < -0.3 is 19.7 Å². The molecular weight excluding hydrogens is 262 g/mol. The average Bonchev–Trinajstić information content (AvgIpc) is 2.42. The molecule has 0 radical (unpaired) electrons. The topological polar surface area (TPSA) is 110 Å². The number of hydrogen-bond acceptors (Lipinski definition) is 9. The molecule has 0 atom stereocenters. The van der Waals surface area contributed by atoms with Crippen LogP contribution in [0.4, 0.5) is 11.9 Å². The molecule has 9 nitrogen and oxygen atoms in total. The highest BCUT2D eigenvalue weighted by Gasteiger charge is 2.05. The maximum Gasteiger partial charge on any atom is 0.323 e. The van der Waals surface area contributed by atoms with Gasteiger partial charge in [-0.05, 0) is 21.0 Å². The number of ether oxygens (including phenoxy) is 2. The lowest BCUT2D eigenvalue weighted by Gasteiger charge is -2.11. The van der Waals surface area contributed by atoms with Crippen LogP contribution in [0.15, 0.2) is 0 Å². The van der Waals surface area contributed by atoms with Crippen molar-refractivity contribution in [3.8, 4) is 6.01 Å². The number of nitrogens with zero attached hydrogens (tertiary/aromatic N) is 4. The van der Waals surface area contributed by atoms with Gasteiger partial charge in [0.15, 0.2) is 0 Å². The highest BCUT2D eigenvalue weighted by molar-refractivity contribution is 5.34. The second-order valence-corrected chi connectivity index (χ2v) is 4.18. The summed E-state index contributed by atoms with van der Waals surface area (Å²) >= 11 is 0. The first-order valence-corrected chi connectivity index (χ1v) is 6.47. The third-order valence-corrected chi connectivity index (χ3v) is 2.23. The number of nitrogens with two attached hydrogens (primary N) is 1. The second kappa shape index (κ2) is 9.23. The van der Waals surface area contributed by atoms with Gasteiger partial charge >= 0.3 is 6.01 Å². The summed E-state index contributed by atoms with van der Waals surface area (Å²) in [6, 6.07) is 0.228. The lowest BCUT2D eigenvalue weighted by Crippen LogP contribution is -2.20. The van der Waals surface area contributed by atoms with Crippen LogP contribution in [-0.2, 0) is 4.74 Å². The zero-order chi connectivity index (χ0) is 14.8. The van der Waals surface area contributed by atoms with Gasteiger partial charge in [0.1, 0.15) is 0 Å². The molecule has 1 rings (SSSR count). The van der Waals surface area contributed by atoms with Gasteiger partial charge in [0.25, 0.3) is 0 Å². The minimum Gasteiger partial charge on any atom is -0.464 e. The van der Waals surface area contributed by atoms with E-state index >= 15 is 0 Å². The first-order valence-electron chi connectivity index (χ1n) is 6.47. The Hall–Kier alpha value is -1.71. The number of nitrogen functional groups attached to an aromatic ring is 1. The summed E-state index contributed by atoms with van der Waals surface area (Å²) in [6.45, 7) is 5.06. The molecule has 0 saturated carbocycles. The summed E-state index contributed by atoms with van der Waals surface area (Å²) < 4.78 is 10.7. The molecule has 4 N–H and O–H groups in total. The summed E-state index contributed by atoms with van der Waals surface area (Å²) in [5.41, 5.74) is 2.37. The monoisotopic (exact) mass is 285 g/mol. The van der Waals surface area contributed by atoms with Gasteiger partial charge in [-0.25, -0.2) is 5.84 Å². The number of likely N-dealkylation sites (N-methyl/N-ethyl adjacent to an activating group) is 1. The van der Waals surface area contributed by atoms with Crippen LogP contribution in [0.3, 0.4) is 0 Å². The van der Waals surface area contributed by atoms with Crippen molar-refractivity contribution in [3.63, 3.8) is 0 Å². The summed E-state index contributed by atoms with van der Waals surface area (Å²) in [5.74, 6) is 5.94. The highest BCUT2D eigenvalue weighted by Crippen LogP contribution is 2.09. The Morgan fingerprint density at radius 2 is 1.90 bits per heavy atom. The Kier molecular flexibility index (Phi) is 7.55. The van der Waals surface area contributed by atoms with Crippen LogP contribution in [-0.4, -0.2) is 66.9 Å². The number of rotatable bonds is 10. The van der Waals surface area contributed by atoms with Crippen molar-refractivity contribution in [2.75, 3.05) is 57.7 Å². The van der Waals surface area contributed by atoms with E-state index in [2.05, 4.69) is 30.6 Å². The molecule has 0 fully saturated rings. The number of aromatic nitrogens is 3. The molecule has 0 aliphatic heterocycles. The zero-order valence-electron chi connectivity index (χ0n) is 12.2. The summed E-state index contributed by atoms with van der Waals surface area (Å²) in [5, 5.41) is 3.03. The minimum absolute atomic E-state index is 0.228. The Morgan fingerprint density at radius 3 is 2.55 bits per heavy atom. The Balaban J connectivity index is 2.36. The molecule has 20 heavy (non-hydrogen) atoms. The lowest BCUT2D eigenvalue weighted by molar-refractivity contribution is 0.126. The smallest absolute Gasteiger partial charge is 0.323 e. The van der Waals surface area contributed by atoms with Crippen LogP contribution in [0.2, 0.25) is 0 Å². The van der Waals surface area contributed by atoms with Crippen molar-refractivity contribution in [1.29, 1.82) is 0 Å². The molecule has 1 aromatic heterocycles. The molecule has 0 aromatic carbocycles. The predicted molar refractivity (Wildman–Crippen MR) is 76.7 cm³/mol. The van der Waals surface area contributed by atoms with Crippen molar-refractivity contribution in [2.24, 2.45) is 5.84 Å². The van der Waals surface area contributed by atoms with E-state index in [0.29, 0.717) is 32.3 Å². The van der Waals surface area contributed by atoms with Crippen LogP contribution < -0.4 is 21.3 Å². The van der Waals surface area contributed by atoms with E-state index in [1.54, 1.807) is 0 Å². The number of nitrogens with one attached hydrogen (secondary N) is 2. The largest absolute Gasteiger partial charge is 0.464 e. The van der Waals surface area contributed by atoms with Crippen molar-refractivity contribution in [2.45, 2.75) is 6.92 Å². The van der Waals surface area contributed by atoms with Crippen molar-refractivity contribution in [3.05, 3.63) is 0 Å². The van der Waals surface area contributed by atoms with Crippen molar-refractivity contribution >= 4 is 11.9 Å². The minimum atomic E-state index is 0.228. The molecule has 1 heterocycles. The molecule has 0 aliphatic carbocycles. The van der Waals surface area contributed by atoms with Crippen LogP contribution in [0, 0.1) is 0 Å². The number of hydrazine groups is 1. The zero-order valence-corrected chi connectivity index (χ0v) is 12.2. The fourth-order valence-corrected chi connectivity index (χ4v) is 1.28. The molecule has 0 aliphatic rings. The number of anilines is 2. The van der Waals surface area contributed by atoms with Crippen LogP contribution in [0.25, 0.3) is 0 Å². The molecule has 0 spiro atoms. The predicted octanol–water partition coefficient (Wildman–Crippen LogP) is -0.454. The Bertz CT molecular complexity index is 389. The van der Waals surface area contributed by atoms with Crippen LogP contribution in [0.5, 0.6) is 6.01 Å². The number of hydrogen-bond donors (Lipinski definition) is 3. The molecule has 0 unspecified atom stereocenters. The third kappa shape index (κ3) is 6.45. The first-order chi connectivity index (χ1) is 9.65. The van der Waals surface area contributed by atoms with Crippen molar-refractivity contribution in [1.82, 2.24) is 19.9 Å². The van der Waals surface area contributed by atoms with Gasteiger partial charge in [-0.3, -0.25) is 5.43 Å². The fraction of sp³-hybridized carbons (Fsp3) is 0.727. The normalized spacial score (nSPS) is 10.7. The van der Waals surface area contributed by atoms with E-state index in [0.717, 1.165) is 6.54 Å². The van der Waals surface area contributed by atoms with E-state index in [1.807, 2.05) is 21.0 Å². The van der Waals surface area contributed by atoms with Gasteiger partial charge in [0, 0.05) is 13.1 Å². The van der Waals surface area contributed by atoms with E-state index in [4.69, 9.17) is 15.3 Å². The van der Waals surface area contributed by atoms with E-state index in [9.17, 15) is 0 Å². The SMILES string of the molecule is CCOc1nc(NN)nc(NCCOCCN(C)C)n1. The van der Waals surface area contributed by atoms with Crippen LogP contribution >= 0.6 is 0 Å². The quantitative estimate of drug-likeness (QED) is 0.299. The van der Waals surface area contributed by atoms with Gasteiger partial charge in [-0.1, -0.05) is 0 Å². The lowest BCUT2D eigenvalue weighted by atomic mass is 10.6.